The quantitative estimate of drug-likeness (QED) is 0.776. The first-order valence-corrected chi connectivity index (χ1v) is 7.54. The number of rotatable bonds is 4. The molecule has 112 valence electrons. The van der Waals surface area contributed by atoms with E-state index in [-0.39, 0.29) is 5.91 Å². The van der Waals surface area contributed by atoms with Crippen LogP contribution in [-0.2, 0) is 7.05 Å². The van der Waals surface area contributed by atoms with Crippen LogP contribution in [0.1, 0.15) is 15.4 Å². The zero-order valence-corrected chi connectivity index (χ0v) is 13.0. The summed E-state index contributed by atoms with van der Waals surface area (Å²) in [7, 11) is 1.84. The topological polar surface area (TPSA) is 71.8 Å². The van der Waals surface area contributed by atoms with Crippen LogP contribution < -0.4 is 10.6 Å². The van der Waals surface area contributed by atoms with Crippen LogP contribution in [0, 0.1) is 6.92 Å². The molecule has 6 nitrogen and oxygen atoms in total. The summed E-state index contributed by atoms with van der Waals surface area (Å²) in [4.78, 5) is 17.3. The van der Waals surface area contributed by atoms with Gasteiger partial charge in [0.2, 0.25) is 0 Å². The molecule has 3 rings (SSSR count). The zero-order chi connectivity index (χ0) is 15.5. The lowest BCUT2D eigenvalue weighted by Gasteiger charge is -2.02. The van der Waals surface area contributed by atoms with Crippen LogP contribution in [0.5, 0.6) is 0 Å². The Bertz CT molecular complexity index is 793. The molecule has 2 aromatic heterocycles. The van der Waals surface area contributed by atoms with Crippen LogP contribution in [0.3, 0.4) is 0 Å². The van der Waals surface area contributed by atoms with Crippen LogP contribution in [-0.4, -0.2) is 20.7 Å². The third-order valence-electron chi connectivity index (χ3n) is 2.98. The van der Waals surface area contributed by atoms with Crippen LogP contribution in [0.15, 0.2) is 42.6 Å². The minimum absolute atomic E-state index is 0.157. The first-order chi connectivity index (χ1) is 10.6. The molecule has 0 atom stereocenters. The molecule has 0 bridgehead atoms. The maximum atomic E-state index is 12.3. The Hall–Kier alpha value is -2.67. The molecule has 3 aromatic rings. The number of benzene rings is 1. The summed E-state index contributed by atoms with van der Waals surface area (Å²) in [6.45, 7) is 1.82. The highest BCUT2D eigenvalue weighted by molar-refractivity contribution is 7.17. The molecule has 0 aliphatic rings. The summed E-state index contributed by atoms with van der Waals surface area (Å²) < 4.78 is 1.70. The van der Waals surface area contributed by atoms with E-state index in [9.17, 15) is 4.79 Å². The Kier molecular flexibility index (Phi) is 3.88. The van der Waals surface area contributed by atoms with Crippen molar-refractivity contribution in [2.45, 2.75) is 6.92 Å². The first-order valence-electron chi connectivity index (χ1n) is 6.72. The van der Waals surface area contributed by atoms with Crippen molar-refractivity contribution in [1.29, 1.82) is 0 Å². The molecule has 0 radical (unpaired) electrons. The fourth-order valence-electron chi connectivity index (χ4n) is 1.96. The highest BCUT2D eigenvalue weighted by Gasteiger charge is 2.16. The molecular weight excluding hydrogens is 298 g/mol. The molecule has 22 heavy (non-hydrogen) atoms. The van der Waals surface area contributed by atoms with Crippen molar-refractivity contribution in [2.24, 2.45) is 7.05 Å². The van der Waals surface area contributed by atoms with E-state index in [1.165, 1.54) is 11.3 Å². The lowest BCUT2D eigenvalue weighted by molar-refractivity contribution is 0.103. The summed E-state index contributed by atoms with van der Waals surface area (Å²) in [6.07, 6.45) is 1.84. The van der Waals surface area contributed by atoms with Crippen LogP contribution in [0.4, 0.5) is 16.6 Å². The van der Waals surface area contributed by atoms with Gasteiger partial charge in [-0.3, -0.25) is 9.48 Å². The van der Waals surface area contributed by atoms with Gasteiger partial charge in [-0.1, -0.05) is 29.5 Å². The van der Waals surface area contributed by atoms with Crippen molar-refractivity contribution in [1.82, 2.24) is 14.8 Å². The van der Waals surface area contributed by atoms with E-state index in [4.69, 9.17) is 0 Å². The largest absolute Gasteiger partial charge is 0.321 e. The van der Waals surface area contributed by atoms with Gasteiger partial charge in [0.05, 0.1) is 5.69 Å². The number of hydrogen-bond acceptors (Lipinski definition) is 5. The highest BCUT2D eigenvalue weighted by atomic mass is 32.1. The molecule has 2 N–H and O–H groups in total. The summed E-state index contributed by atoms with van der Waals surface area (Å²) in [5.74, 6) is 0.543. The summed E-state index contributed by atoms with van der Waals surface area (Å²) in [5.41, 5.74) is 1.45. The first kappa shape index (κ1) is 14.3. The Labute approximate surface area is 131 Å². The smallest absolute Gasteiger partial charge is 0.267 e. The van der Waals surface area contributed by atoms with Crippen molar-refractivity contribution in [3.05, 3.63) is 53.2 Å². The molecule has 0 spiro atoms. The molecule has 0 aliphatic heterocycles. The van der Waals surface area contributed by atoms with Crippen LogP contribution >= 0.6 is 11.3 Å². The van der Waals surface area contributed by atoms with Crippen molar-refractivity contribution in [3.8, 4) is 0 Å². The van der Waals surface area contributed by atoms with Crippen LogP contribution in [0.25, 0.3) is 0 Å². The molecular formula is C15H15N5OS. The molecule has 0 fully saturated rings. The predicted molar refractivity (Wildman–Crippen MR) is 87.7 cm³/mol. The Morgan fingerprint density at radius 1 is 1.23 bits per heavy atom. The molecule has 7 heteroatoms. The zero-order valence-electron chi connectivity index (χ0n) is 12.2. The van der Waals surface area contributed by atoms with E-state index in [1.54, 1.807) is 4.68 Å². The molecule has 0 saturated heterocycles. The lowest BCUT2D eigenvalue weighted by Crippen LogP contribution is -2.11. The van der Waals surface area contributed by atoms with Gasteiger partial charge in [-0.25, -0.2) is 4.98 Å². The van der Waals surface area contributed by atoms with Gasteiger partial charge in [0.15, 0.2) is 10.9 Å². The van der Waals surface area contributed by atoms with Crippen molar-refractivity contribution in [3.63, 3.8) is 0 Å². The van der Waals surface area contributed by atoms with Gasteiger partial charge in [-0.05, 0) is 19.1 Å². The number of amides is 1. The average Bonchev–Trinajstić information content (AvgIpc) is 3.06. The SMILES string of the molecule is Cc1nc(Nc2ccn(C)n2)sc1C(=O)Nc1ccccc1. The number of hydrogen-bond donors (Lipinski definition) is 2. The Balaban J connectivity index is 1.75. The third kappa shape index (κ3) is 3.15. The number of aromatic nitrogens is 3. The summed E-state index contributed by atoms with van der Waals surface area (Å²) in [6, 6.07) is 11.2. The van der Waals surface area contributed by atoms with Gasteiger partial charge >= 0.3 is 0 Å². The van der Waals surface area contributed by atoms with Crippen molar-refractivity contribution in [2.75, 3.05) is 10.6 Å². The fourth-order valence-corrected chi connectivity index (χ4v) is 2.83. The number of carbonyl (C=O) groups excluding carboxylic acids is 1. The maximum absolute atomic E-state index is 12.3. The van der Waals surface area contributed by atoms with Gasteiger partial charge in [0.1, 0.15) is 4.88 Å². The molecule has 0 unspecified atom stereocenters. The van der Waals surface area contributed by atoms with Crippen molar-refractivity contribution >= 4 is 33.9 Å². The van der Waals surface area contributed by atoms with E-state index >= 15 is 0 Å². The number of para-hydroxylation sites is 1. The number of nitrogens with one attached hydrogen (secondary N) is 2. The van der Waals surface area contributed by atoms with Crippen molar-refractivity contribution < 1.29 is 4.79 Å². The normalized spacial score (nSPS) is 10.5. The van der Waals surface area contributed by atoms with E-state index in [0.29, 0.717) is 21.5 Å². The lowest BCUT2D eigenvalue weighted by atomic mass is 10.3. The molecule has 0 saturated carbocycles. The number of carbonyl (C=O) groups is 1. The second-order valence-electron chi connectivity index (χ2n) is 4.75. The fraction of sp³-hybridized carbons (Fsp3) is 0.133. The van der Waals surface area contributed by atoms with Gasteiger partial charge in [0, 0.05) is 25.0 Å². The third-order valence-corrected chi connectivity index (χ3v) is 4.05. The number of anilines is 3. The maximum Gasteiger partial charge on any atom is 0.267 e. The second kappa shape index (κ2) is 5.98. The number of aryl methyl sites for hydroxylation is 2. The molecule has 0 aliphatic carbocycles. The number of thiazole rings is 1. The van der Waals surface area contributed by atoms with Crippen LogP contribution in [0.2, 0.25) is 0 Å². The Morgan fingerprint density at radius 2 is 2.00 bits per heavy atom. The minimum atomic E-state index is -0.157. The monoisotopic (exact) mass is 313 g/mol. The van der Waals surface area contributed by atoms with E-state index in [2.05, 4.69) is 20.7 Å². The second-order valence-corrected chi connectivity index (χ2v) is 5.75. The Morgan fingerprint density at radius 3 is 2.68 bits per heavy atom. The molecule has 1 amide bonds. The standard InChI is InChI=1S/C15H15N5OS/c1-10-13(14(21)17-11-6-4-3-5-7-11)22-15(16-10)18-12-8-9-20(2)19-12/h3-9H,1-2H3,(H,17,21)(H,16,18,19). The predicted octanol–water partition coefficient (Wildman–Crippen LogP) is 3.18. The minimum Gasteiger partial charge on any atom is -0.321 e. The number of nitrogens with zero attached hydrogens (tertiary/aromatic N) is 3. The highest BCUT2D eigenvalue weighted by Crippen LogP contribution is 2.25. The summed E-state index contributed by atoms with van der Waals surface area (Å²) >= 11 is 1.31. The van der Waals surface area contributed by atoms with Gasteiger partial charge in [-0.15, -0.1) is 0 Å². The van der Waals surface area contributed by atoms with E-state index < -0.39 is 0 Å². The van der Waals surface area contributed by atoms with Gasteiger partial charge in [-0.2, -0.15) is 5.10 Å². The van der Waals surface area contributed by atoms with Gasteiger partial charge in [0.25, 0.3) is 5.91 Å². The average molecular weight is 313 g/mol. The molecule has 1 aromatic carbocycles. The molecule has 2 heterocycles. The van der Waals surface area contributed by atoms with E-state index in [0.717, 1.165) is 5.69 Å². The summed E-state index contributed by atoms with van der Waals surface area (Å²) in [5, 5.41) is 10.8. The van der Waals surface area contributed by atoms with E-state index in [1.807, 2.05) is 56.6 Å². The van der Waals surface area contributed by atoms with Gasteiger partial charge < -0.3 is 10.6 Å².